The first-order valence-electron chi connectivity index (χ1n) is 5.88. The van der Waals surface area contributed by atoms with E-state index in [9.17, 15) is 9.59 Å². The van der Waals surface area contributed by atoms with Crippen LogP contribution in [0.25, 0.3) is 0 Å². The van der Waals surface area contributed by atoms with Crippen LogP contribution < -0.4 is 0 Å². The maximum atomic E-state index is 11.2. The van der Waals surface area contributed by atoms with Crippen molar-refractivity contribution in [2.75, 3.05) is 12.9 Å². The summed E-state index contributed by atoms with van der Waals surface area (Å²) >= 11 is 1.77. The van der Waals surface area contributed by atoms with Crippen LogP contribution in [0.5, 0.6) is 0 Å². The van der Waals surface area contributed by atoms with E-state index in [4.69, 9.17) is 5.11 Å². The number of aliphatic carboxylic acids is 1. The molecule has 0 saturated heterocycles. The molecule has 0 heterocycles. The van der Waals surface area contributed by atoms with Gasteiger partial charge in [-0.15, -0.1) is 0 Å². The lowest BCUT2D eigenvalue weighted by atomic mass is 10.1. The number of carboxylic acid groups (broad SMARTS) is 1. The summed E-state index contributed by atoms with van der Waals surface area (Å²) in [4.78, 5) is 21.6. The highest BCUT2D eigenvalue weighted by molar-refractivity contribution is 7.99. The highest BCUT2D eigenvalue weighted by Gasteiger charge is 2.44. The Balaban J connectivity index is 2.21. The van der Waals surface area contributed by atoms with E-state index in [-0.39, 0.29) is 17.8 Å². The number of methoxy groups -OCH3 is 1. The van der Waals surface area contributed by atoms with Crippen molar-refractivity contribution in [3.8, 4) is 0 Å². The van der Waals surface area contributed by atoms with Crippen molar-refractivity contribution in [1.82, 2.24) is 0 Å². The van der Waals surface area contributed by atoms with Crippen molar-refractivity contribution in [2.45, 2.75) is 44.3 Å². The Morgan fingerprint density at radius 3 is 2.59 bits per heavy atom. The highest BCUT2D eigenvalue weighted by Crippen LogP contribution is 2.51. The molecule has 1 N–H and O–H groups in total. The molecule has 98 valence electrons. The van der Waals surface area contributed by atoms with Gasteiger partial charge in [-0.25, -0.2) is 0 Å². The van der Waals surface area contributed by atoms with E-state index in [1.165, 1.54) is 7.11 Å². The first kappa shape index (κ1) is 14.4. The lowest BCUT2D eigenvalue weighted by molar-refractivity contribution is -0.142. The average Bonchev–Trinajstić information content (AvgIpc) is 3.04. The summed E-state index contributed by atoms with van der Waals surface area (Å²) in [5.41, 5.74) is 0.134. The van der Waals surface area contributed by atoms with Crippen molar-refractivity contribution < 1.29 is 19.4 Å². The third kappa shape index (κ3) is 5.44. The normalized spacial score (nSPS) is 18.5. The van der Waals surface area contributed by atoms with Crippen LogP contribution >= 0.6 is 11.8 Å². The number of esters is 1. The second-order valence-corrected chi connectivity index (χ2v) is 6.23. The van der Waals surface area contributed by atoms with Gasteiger partial charge in [0.15, 0.2) is 0 Å². The van der Waals surface area contributed by atoms with Gasteiger partial charge < -0.3 is 9.84 Å². The van der Waals surface area contributed by atoms with Gasteiger partial charge in [0.05, 0.1) is 13.5 Å². The van der Waals surface area contributed by atoms with Gasteiger partial charge in [0.2, 0.25) is 0 Å². The van der Waals surface area contributed by atoms with E-state index in [2.05, 4.69) is 4.74 Å². The molecule has 0 amide bonds. The molecule has 1 aliphatic rings. The van der Waals surface area contributed by atoms with Crippen molar-refractivity contribution in [3.05, 3.63) is 0 Å². The van der Waals surface area contributed by atoms with Gasteiger partial charge in [0, 0.05) is 11.7 Å². The Morgan fingerprint density at radius 1 is 1.47 bits per heavy atom. The maximum Gasteiger partial charge on any atom is 0.306 e. The van der Waals surface area contributed by atoms with Crippen LogP contribution in [0.15, 0.2) is 0 Å². The molecule has 17 heavy (non-hydrogen) atoms. The lowest BCUT2D eigenvalue weighted by Gasteiger charge is -2.16. The highest BCUT2D eigenvalue weighted by atomic mass is 32.2. The zero-order valence-corrected chi connectivity index (χ0v) is 11.2. The molecule has 1 rings (SSSR count). The number of carboxylic acids is 1. The number of ether oxygens (including phenoxy) is 1. The fraction of sp³-hybridized carbons (Fsp3) is 0.833. The van der Waals surface area contributed by atoms with Crippen molar-refractivity contribution in [2.24, 2.45) is 5.41 Å². The molecule has 0 aromatic rings. The molecule has 0 bridgehead atoms. The second-order valence-electron chi connectivity index (χ2n) is 4.81. The van der Waals surface area contributed by atoms with Crippen LogP contribution in [0.3, 0.4) is 0 Å². The summed E-state index contributed by atoms with van der Waals surface area (Å²) in [7, 11) is 1.42. The Labute approximate surface area is 106 Å². The van der Waals surface area contributed by atoms with Crippen LogP contribution in [0.2, 0.25) is 0 Å². The van der Waals surface area contributed by atoms with Gasteiger partial charge in [0.25, 0.3) is 0 Å². The Kier molecular flexibility index (Phi) is 5.31. The predicted octanol–water partition coefficient (Wildman–Crippen LogP) is 2.32. The first-order chi connectivity index (χ1) is 7.97. The average molecular weight is 260 g/mol. The van der Waals surface area contributed by atoms with Gasteiger partial charge in [-0.1, -0.05) is 6.92 Å². The maximum absolute atomic E-state index is 11.2. The SMILES string of the molecule is COC(=O)CC1(CSC(C)CCC(=O)O)CC1. The number of carbonyl (C=O) groups excluding carboxylic acids is 1. The van der Waals surface area contributed by atoms with Gasteiger partial charge in [-0.3, -0.25) is 9.59 Å². The monoisotopic (exact) mass is 260 g/mol. The standard InChI is InChI=1S/C12H20O4S/c1-9(3-4-10(13)14)17-8-12(5-6-12)7-11(15)16-2/h9H,3-8H2,1-2H3,(H,13,14). The molecular formula is C12H20O4S. The molecule has 1 unspecified atom stereocenters. The van der Waals surface area contributed by atoms with Crippen molar-refractivity contribution >= 4 is 23.7 Å². The van der Waals surface area contributed by atoms with Gasteiger partial charge >= 0.3 is 11.9 Å². The number of thioether (sulfide) groups is 1. The first-order valence-corrected chi connectivity index (χ1v) is 6.92. The number of hydrogen-bond acceptors (Lipinski definition) is 4. The van der Waals surface area contributed by atoms with E-state index in [0.717, 1.165) is 18.6 Å². The number of hydrogen-bond donors (Lipinski definition) is 1. The van der Waals surface area contributed by atoms with E-state index in [1.807, 2.05) is 6.92 Å². The fourth-order valence-corrected chi connectivity index (χ4v) is 2.97. The summed E-state index contributed by atoms with van der Waals surface area (Å²) in [6.45, 7) is 2.04. The predicted molar refractivity (Wildman–Crippen MR) is 67.1 cm³/mol. The third-order valence-corrected chi connectivity index (χ3v) is 4.73. The lowest BCUT2D eigenvalue weighted by Crippen LogP contribution is -2.15. The number of rotatable bonds is 8. The van der Waals surface area contributed by atoms with Crippen LogP contribution in [-0.4, -0.2) is 35.2 Å². The minimum absolute atomic E-state index is 0.134. The second kappa shape index (κ2) is 6.28. The number of carbonyl (C=O) groups is 2. The molecule has 0 spiro atoms. The molecule has 1 aliphatic carbocycles. The van der Waals surface area contributed by atoms with Gasteiger partial charge in [-0.05, 0) is 30.4 Å². The summed E-state index contributed by atoms with van der Waals surface area (Å²) in [6, 6.07) is 0. The Hall–Kier alpha value is -0.710. The summed E-state index contributed by atoms with van der Waals surface area (Å²) in [5.74, 6) is 0.0533. The molecule has 0 radical (unpaired) electrons. The van der Waals surface area contributed by atoms with E-state index >= 15 is 0 Å². The van der Waals surface area contributed by atoms with Crippen molar-refractivity contribution in [1.29, 1.82) is 0 Å². The van der Waals surface area contributed by atoms with Gasteiger partial charge in [-0.2, -0.15) is 11.8 Å². The molecule has 1 fully saturated rings. The molecule has 0 aromatic carbocycles. The largest absolute Gasteiger partial charge is 0.481 e. The van der Waals surface area contributed by atoms with Crippen LogP contribution in [-0.2, 0) is 14.3 Å². The van der Waals surface area contributed by atoms with Crippen LogP contribution in [0.1, 0.15) is 39.0 Å². The summed E-state index contributed by atoms with van der Waals surface area (Å²) < 4.78 is 4.69. The van der Waals surface area contributed by atoms with E-state index < -0.39 is 5.97 Å². The molecule has 4 nitrogen and oxygen atoms in total. The molecule has 5 heteroatoms. The zero-order chi connectivity index (χ0) is 12.9. The fourth-order valence-electron chi connectivity index (χ4n) is 1.66. The molecule has 1 saturated carbocycles. The minimum Gasteiger partial charge on any atom is -0.481 e. The van der Waals surface area contributed by atoms with Gasteiger partial charge in [0.1, 0.15) is 0 Å². The Bertz CT molecular complexity index is 286. The van der Waals surface area contributed by atoms with Crippen LogP contribution in [0.4, 0.5) is 0 Å². The molecule has 0 aromatic heterocycles. The quantitative estimate of drug-likeness (QED) is 0.678. The smallest absolute Gasteiger partial charge is 0.306 e. The Morgan fingerprint density at radius 2 is 2.12 bits per heavy atom. The van der Waals surface area contributed by atoms with E-state index in [1.54, 1.807) is 11.8 Å². The molecule has 0 aliphatic heterocycles. The summed E-state index contributed by atoms with van der Waals surface area (Å²) in [5, 5.41) is 8.92. The summed E-state index contributed by atoms with van der Waals surface area (Å²) in [6.07, 6.45) is 3.58. The van der Waals surface area contributed by atoms with Crippen LogP contribution in [0, 0.1) is 5.41 Å². The minimum atomic E-state index is -0.742. The van der Waals surface area contributed by atoms with E-state index in [0.29, 0.717) is 18.1 Å². The topological polar surface area (TPSA) is 63.6 Å². The van der Waals surface area contributed by atoms with Crippen molar-refractivity contribution in [3.63, 3.8) is 0 Å². The third-order valence-electron chi connectivity index (χ3n) is 3.14. The molecular weight excluding hydrogens is 240 g/mol. The zero-order valence-electron chi connectivity index (χ0n) is 10.4. The molecule has 1 atom stereocenters.